The third kappa shape index (κ3) is 4.22. The number of nitrogens with one attached hydrogen (secondary N) is 1. The molecule has 0 aliphatic carbocycles. The van der Waals surface area contributed by atoms with Gasteiger partial charge in [-0.25, -0.2) is 0 Å². The van der Waals surface area contributed by atoms with E-state index in [0.29, 0.717) is 12.8 Å². The highest BCUT2D eigenvalue weighted by molar-refractivity contribution is 6.30. The fourth-order valence-corrected chi connectivity index (χ4v) is 3.66. The molecule has 1 aliphatic rings. The number of aromatic nitrogens is 3. The van der Waals surface area contributed by atoms with E-state index in [1.807, 2.05) is 41.3 Å². The molecule has 1 amide bonds. The predicted molar refractivity (Wildman–Crippen MR) is 102 cm³/mol. The van der Waals surface area contributed by atoms with Crippen LogP contribution in [-0.4, -0.2) is 39.0 Å². The monoisotopic (exact) mass is 384 g/mol. The molecule has 3 aromatic rings. The molecule has 0 atom stereocenters. The summed E-state index contributed by atoms with van der Waals surface area (Å²) in [6.45, 7) is 1.50. The molecule has 0 unspecified atom stereocenters. The Balaban J connectivity index is 1.28. The normalized spacial score (nSPS) is 15.2. The van der Waals surface area contributed by atoms with E-state index in [-0.39, 0.29) is 11.8 Å². The summed E-state index contributed by atoms with van der Waals surface area (Å²) in [6, 6.07) is 11.8. The maximum absolute atomic E-state index is 12.5. The average molecular weight is 385 g/mol. The van der Waals surface area contributed by atoms with Crippen molar-refractivity contribution in [2.24, 2.45) is 0 Å². The van der Waals surface area contributed by atoms with E-state index >= 15 is 0 Å². The highest BCUT2D eigenvalue weighted by atomic mass is 35.5. The van der Waals surface area contributed by atoms with Crippen molar-refractivity contribution in [2.45, 2.75) is 31.6 Å². The van der Waals surface area contributed by atoms with Crippen LogP contribution in [0.3, 0.4) is 0 Å². The number of hydrogen-bond donors (Lipinski definition) is 1. The summed E-state index contributed by atoms with van der Waals surface area (Å²) in [4.78, 5) is 22.0. The molecule has 1 aliphatic heterocycles. The first kappa shape index (κ1) is 17.8. The molecular formula is C20H21ClN4O2. The number of nitrogens with zero attached hydrogens (tertiary/aromatic N) is 3. The van der Waals surface area contributed by atoms with E-state index < -0.39 is 0 Å². The summed E-state index contributed by atoms with van der Waals surface area (Å²) in [6.07, 6.45) is 4.34. The number of hydrogen-bond acceptors (Lipinski definition) is 4. The van der Waals surface area contributed by atoms with Gasteiger partial charge in [0.2, 0.25) is 12.3 Å². The summed E-state index contributed by atoms with van der Waals surface area (Å²) in [7, 11) is 0. The van der Waals surface area contributed by atoms with E-state index in [4.69, 9.17) is 16.1 Å². The van der Waals surface area contributed by atoms with Crippen molar-refractivity contribution in [2.75, 3.05) is 13.1 Å². The van der Waals surface area contributed by atoms with E-state index in [1.54, 1.807) is 0 Å². The van der Waals surface area contributed by atoms with Crippen LogP contribution in [0.2, 0.25) is 5.02 Å². The number of H-pyrrole nitrogens is 1. The maximum Gasteiger partial charge on any atom is 0.222 e. The predicted octanol–water partition coefficient (Wildman–Crippen LogP) is 4.06. The number of carbonyl (C=O) groups is 1. The van der Waals surface area contributed by atoms with Gasteiger partial charge in [-0.15, -0.1) is 0 Å². The molecule has 1 saturated heterocycles. The van der Waals surface area contributed by atoms with Gasteiger partial charge in [0.25, 0.3) is 0 Å². The van der Waals surface area contributed by atoms with E-state index in [9.17, 15) is 4.79 Å². The number of amides is 1. The Bertz CT molecular complexity index is 881. The summed E-state index contributed by atoms with van der Waals surface area (Å²) in [5, 5.41) is 4.64. The second-order valence-corrected chi connectivity index (χ2v) is 7.29. The molecule has 4 rings (SSSR count). The van der Waals surface area contributed by atoms with Gasteiger partial charge in [-0.3, -0.25) is 4.79 Å². The first-order valence-electron chi connectivity index (χ1n) is 9.17. The zero-order valence-electron chi connectivity index (χ0n) is 14.9. The molecule has 3 heterocycles. The van der Waals surface area contributed by atoms with Crippen molar-refractivity contribution in [3.8, 4) is 11.3 Å². The van der Waals surface area contributed by atoms with Crippen LogP contribution in [0.25, 0.3) is 11.3 Å². The fourth-order valence-electron chi connectivity index (χ4n) is 3.53. The van der Waals surface area contributed by atoms with Crippen LogP contribution in [-0.2, 0) is 11.2 Å². The largest absolute Gasteiger partial charge is 0.358 e. The smallest absolute Gasteiger partial charge is 0.222 e. The van der Waals surface area contributed by atoms with Crippen molar-refractivity contribution in [3.05, 3.63) is 59.3 Å². The number of halogens is 1. The lowest BCUT2D eigenvalue weighted by atomic mass is 9.96. The molecule has 27 heavy (non-hydrogen) atoms. The van der Waals surface area contributed by atoms with Crippen molar-refractivity contribution in [1.82, 2.24) is 20.0 Å². The van der Waals surface area contributed by atoms with Gasteiger partial charge in [-0.05, 0) is 49.1 Å². The Hall–Kier alpha value is -2.60. The standard InChI is InChI=1S/C20H21ClN4O2/c21-16-3-1-14(2-4-16)18-7-5-17(23-18)6-8-19(26)25-11-9-15(10-12-25)20-22-13-27-24-20/h1-5,7,13,15,23H,6,8-12H2. The van der Waals surface area contributed by atoms with Gasteiger partial charge in [-0.2, -0.15) is 4.98 Å². The van der Waals surface area contributed by atoms with Crippen LogP contribution in [0.5, 0.6) is 0 Å². The lowest BCUT2D eigenvalue weighted by Gasteiger charge is -2.30. The third-order valence-corrected chi connectivity index (χ3v) is 5.35. The van der Waals surface area contributed by atoms with Gasteiger partial charge in [0.1, 0.15) is 0 Å². The van der Waals surface area contributed by atoms with E-state index in [1.165, 1.54) is 6.39 Å². The van der Waals surface area contributed by atoms with Crippen LogP contribution in [0.4, 0.5) is 0 Å². The molecule has 2 aromatic heterocycles. The molecule has 0 bridgehead atoms. The first-order chi connectivity index (χ1) is 13.2. The lowest BCUT2D eigenvalue weighted by Crippen LogP contribution is -2.38. The molecule has 6 nitrogen and oxygen atoms in total. The number of likely N-dealkylation sites (tertiary alicyclic amines) is 1. The number of aryl methyl sites for hydroxylation is 1. The van der Waals surface area contributed by atoms with Gasteiger partial charge < -0.3 is 14.4 Å². The highest BCUT2D eigenvalue weighted by Crippen LogP contribution is 2.26. The van der Waals surface area contributed by atoms with Crippen LogP contribution in [0.1, 0.15) is 36.7 Å². The van der Waals surface area contributed by atoms with E-state index in [0.717, 1.165) is 53.7 Å². The minimum Gasteiger partial charge on any atom is -0.358 e. The minimum atomic E-state index is 0.198. The summed E-state index contributed by atoms with van der Waals surface area (Å²) in [5.41, 5.74) is 3.19. The van der Waals surface area contributed by atoms with Gasteiger partial charge in [0, 0.05) is 41.8 Å². The zero-order chi connectivity index (χ0) is 18.6. The second kappa shape index (κ2) is 7.96. The zero-order valence-corrected chi connectivity index (χ0v) is 15.7. The minimum absolute atomic E-state index is 0.198. The van der Waals surface area contributed by atoms with Gasteiger partial charge in [-0.1, -0.05) is 28.9 Å². The van der Waals surface area contributed by atoms with Gasteiger partial charge in [0.15, 0.2) is 5.82 Å². The topological polar surface area (TPSA) is 75.0 Å². The SMILES string of the molecule is O=C(CCc1ccc(-c2ccc(Cl)cc2)[nH]1)N1CCC(c2ncon2)CC1. The Labute approximate surface area is 162 Å². The van der Waals surface area contributed by atoms with Crippen molar-refractivity contribution < 1.29 is 9.32 Å². The summed E-state index contributed by atoms with van der Waals surface area (Å²) in [5.74, 6) is 1.24. The van der Waals surface area contributed by atoms with E-state index in [2.05, 4.69) is 15.1 Å². The molecule has 1 fully saturated rings. The molecule has 0 saturated carbocycles. The van der Waals surface area contributed by atoms with Crippen molar-refractivity contribution in [3.63, 3.8) is 0 Å². The van der Waals surface area contributed by atoms with Crippen molar-refractivity contribution in [1.29, 1.82) is 0 Å². The third-order valence-electron chi connectivity index (χ3n) is 5.10. The Kier molecular flexibility index (Phi) is 5.25. The Morgan fingerprint density at radius 2 is 1.96 bits per heavy atom. The molecule has 1 N–H and O–H groups in total. The van der Waals surface area contributed by atoms with Crippen LogP contribution in [0.15, 0.2) is 47.3 Å². The van der Waals surface area contributed by atoms with Crippen LogP contribution in [0, 0.1) is 0 Å². The Morgan fingerprint density at radius 1 is 1.19 bits per heavy atom. The summed E-state index contributed by atoms with van der Waals surface area (Å²) < 4.78 is 4.82. The molecule has 7 heteroatoms. The van der Waals surface area contributed by atoms with Crippen molar-refractivity contribution >= 4 is 17.5 Å². The number of piperidine rings is 1. The average Bonchev–Trinajstić information content (AvgIpc) is 3.39. The number of aromatic amines is 1. The number of benzene rings is 1. The molecule has 0 spiro atoms. The fraction of sp³-hybridized carbons (Fsp3) is 0.350. The Morgan fingerprint density at radius 3 is 2.67 bits per heavy atom. The highest BCUT2D eigenvalue weighted by Gasteiger charge is 2.26. The van der Waals surface area contributed by atoms with Gasteiger partial charge in [0.05, 0.1) is 0 Å². The van der Waals surface area contributed by atoms with Crippen LogP contribution < -0.4 is 0 Å². The quantitative estimate of drug-likeness (QED) is 0.719. The summed E-state index contributed by atoms with van der Waals surface area (Å²) >= 11 is 5.94. The van der Waals surface area contributed by atoms with Crippen LogP contribution >= 0.6 is 11.6 Å². The number of carbonyl (C=O) groups excluding carboxylic acids is 1. The molecule has 1 aromatic carbocycles. The maximum atomic E-state index is 12.5. The number of rotatable bonds is 5. The molecule has 0 radical (unpaired) electrons. The second-order valence-electron chi connectivity index (χ2n) is 6.85. The molecule has 140 valence electrons. The van der Waals surface area contributed by atoms with Gasteiger partial charge >= 0.3 is 0 Å². The lowest BCUT2D eigenvalue weighted by molar-refractivity contribution is -0.132. The molecular weight excluding hydrogens is 364 g/mol. The first-order valence-corrected chi connectivity index (χ1v) is 9.55.